The highest BCUT2D eigenvalue weighted by atomic mass is 16.4. The summed E-state index contributed by atoms with van der Waals surface area (Å²) < 4.78 is 0. The third-order valence-corrected chi connectivity index (χ3v) is 1.85. The van der Waals surface area contributed by atoms with Crippen LogP contribution in [0.1, 0.15) is 16.2 Å². The van der Waals surface area contributed by atoms with Crippen LogP contribution in [0.25, 0.3) is 10.9 Å². The fourth-order valence-corrected chi connectivity index (χ4v) is 1.20. The minimum absolute atomic E-state index is 0.0943. The highest BCUT2D eigenvalue weighted by Gasteiger charge is 2.07. The Morgan fingerprint density at radius 2 is 2.36 bits per heavy atom. The first-order valence-electron chi connectivity index (χ1n) is 3.83. The van der Waals surface area contributed by atoms with Gasteiger partial charge in [0, 0.05) is 11.6 Å². The van der Waals surface area contributed by atoms with Crippen LogP contribution in [-0.2, 0) is 0 Å². The maximum absolute atomic E-state index is 10.6. The molecule has 2 heterocycles. The standard InChI is InChI=1S/C9H5N3O2/c10-3-6-2-7-5(4-11-6)1-8(12-7)9(13)14/h1-2,4,12H,(H,13,14). The van der Waals surface area contributed by atoms with E-state index in [1.54, 1.807) is 0 Å². The Kier molecular flexibility index (Phi) is 1.68. The molecule has 0 atom stereocenters. The number of rotatable bonds is 1. The Morgan fingerprint density at radius 1 is 1.57 bits per heavy atom. The zero-order chi connectivity index (χ0) is 10.1. The molecular formula is C9H5N3O2. The number of hydrogen-bond acceptors (Lipinski definition) is 3. The highest BCUT2D eigenvalue weighted by molar-refractivity contribution is 5.93. The van der Waals surface area contributed by atoms with Crippen molar-refractivity contribution in [3.05, 3.63) is 29.7 Å². The van der Waals surface area contributed by atoms with Gasteiger partial charge in [-0.15, -0.1) is 0 Å². The molecule has 0 unspecified atom stereocenters. The van der Waals surface area contributed by atoms with Gasteiger partial charge in [-0.05, 0) is 12.1 Å². The van der Waals surface area contributed by atoms with Gasteiger partial charge in [-0.25, -0.2) is 9.78 Å². The van der Waals surface area contributed by atoms with Crippen molar-refractivity contribution >= 4 is 16.9 Å². The zero-order valence-corrected chi connectivity index (χ0v) is 6.98. The second kappa shape index (κ2) is 2.85. The number of carboxylic acid groups (broad SMARTS) is 1. The van der Waals surface area contributed by atoms with Crippen molar-refractivity contribution in [1.82, 2.24) is 9.97 Å². The first-order valence-corrected chi connectivity index (χ1v) is 3.83. The molecule has 2 rings (SSSR count). The van der Waals surface area contributed by atoms with Gasteiger partial charge in [0.25, 0.3) is 0 Å². The van der Waals surface area contributed by atoms with Crippen molar-refractivity contribution in [3.8, 4) is 6.07 Å². The highest BCUT2D eigenvalue weighted by Crippen LogP contribution is 2.14. The number of hydrogen-bond donors (Lipinski definition) is 2. The Labute approximate surface area is 78.6 Å². The Morgan fingerprint density at radius 3 is 3.00 bits per heavy atom. The van der Waals surface area contributed by atoms with Gasteiger partial charge in [0.1, 0.15) is 17.5 Å². The smallest absolute Gasteiger partial charge is 0.352 e. The summed E-state index contributed by atoms with van der Waals surface area (Å²) in [6.07, 6.45) is 1.47. The quantitative estimate of drug-likeness (QED) is 0.700. The van der Waals surface area contributed by atoms with Gasteiger partial charge >= 0.3 is 5.97 Å². The van der Waals surface area contributed by atoms with E-state index in [0.29, 0.717) is 10.9 Å². The van der Waals surface area contributed by atoms with E-state index in [1.807, 2.05) is 6.07 Å². The number of aromatic carboxylic acids is 1. The molecule has 0 amide bonds. The zero-order valence-electron chi connectivity index (χ0n) is 6.98. The SMILES string of the molecule is N#Cc1cc2[nH]c(C(=O)O)cc2cn1. The van der Waals surface area contributed by atoms with Crippen LogP contribution in [-0.4, -0.2) is 21.0 Å². The predicted molar refractivity (Wildman–Crippen MR) is 47.8 cm³/mol. The third kappa shape index (κ3) is 1.19. The molecule has 5 nitrogen and oxygen atoms in total. The summed E-state index contributed by atoms with van der Waals surface area (Å²) in [5.74, 6) is -1.03. The summed E-state index contributed by atoms with van der Waals surface area (Å²) in [7, 11) is 0. The second-order valence-electron chi connectivity index (χ2n) is 2.76. The molecule has 2 aromatic heterocycles. The summed E-state index contributed by atoms with van der Waals surface area (Å²) in [6, 6.07) is 4.87. The fourth-order valence-electron chi connectivity index (χ4n) is 1.20. The molecule has 2 N–H and O–H groups in total. The minimum atomic E-state index is -1.03. The first kappa shape index (κ1) is 8.26. The number of fused-ring (bicyclic) bond motifs is 1. The summed E-state index contributed by atoms with van der Waals surface area (Å²) in [6.45, 7) is 0. The molecule has 14 heavy (non-hydrogen) atoms. The van der Waals surface area contributed by atoms with Crippen LogP contribution in [0.2, 0.25) is 0 Å². The number of aromatic nitrogens is 2. The van der Waals surface area contributed by atoms with Crippen LogP contribution < -0.4 is 0 Å². The molecule has 0 spiro atoms. The lowest BCUT2D eigenvalue weighted by Gasteiger charge is -1.88. The van der Waals surface area contributed by atoms with Crippen LogP contribution in [0.4, 0.5) is 0 Å². The number of nitrogens with zero attached hydrogens (tertiary/aromatic N) is 2. The van der Waals surface area contributed by atoms with Crippen LogP contribution >= 0.6 is 0 Å². The van der Waals surface area contributed by atoms with Crippen LogP contribution in [0.3, 0.4) is 0 Å². The van der Waals surface area contributed by atoms with Crippen molar-refractivity contribution in [2.75, 3.05) is 0 Å². The van der Waals surface area contributed by atoms with Gasteiger partial charge < -0.3 is 10.1 Å². The number of pyridine rings is 1. The number of nitrogens with one attached hydrogen (secondary N) is 1. The van der Waals surface area contributed by atoms with E-state index in [4.69, 9.17) is 10.4 Å². The molecule has 0 bridgehead atoms. The average molecular weight is 187 g/mol. The number of carboxylic acids is 1. The molecule has 0 aliphatic carbocycles. The first-order chi connectivity index (χ1) is 6.70. The topological polar surface area (TPSA) is 89.8 Å². The normalized spacial score (nSPS) is 9.93. The molecule has 0 aliphatic rings. The molecule has 0 saturated carbocycles. The van der Waals surface area contributed by atoms with Crippen LogP contribution in [0.5, 0.6) is 0 Å². The molecule has 0 aromatic carbocycles. The van der Waals surface area contributed by atoms with E-state index in [1.165, 1.54) is 18.3 Å². The minimum Gasteiger partial charge on any atom is -0.477 e. The number of aromatic amines is 1. The van der Waals surface area contributed by atoms with Crippen molar-refractivity contribution < 1.29 is 9.90 Å². The van der Waals surface area contributed by atoms with Crippen molar-refractivity contribution in [2.24, 2.45) is 0 Å². The van der Waals surface area contributed by atoms with E-state index >= 15 is 0 Å². The molecule has 5 heteroatoms. The lowest BCUT2D eigenvalue weighted by Crippen LogP contribution is -1.94. The molecule has 0 aliphatic heterocycles. The summed E-state index contributed by atoms with van der Waals surface area (Å²) in [5, 5.41) is 17.9. The number of carbonyl (C=O) groups is 1. The number of nitriles is 1. The monoisotopic (exact) mass is 187 g/mol. The lowest BCUT2D eigenvalue weighted by atomic mass is 10.3. The molecule has 0 fully saturated rings. The predicted octanol–water partition coefficient (Wildman–Crippen LogP) is 1.13. The third-order valence-electron chi connectivity index (χ3n) is 1.85. The average Bonchev–Trinajstić information content (AvgIpc) is 2.59. The number of H-pyrrole nitrogens is 1. The summed E-state index contributed by atoms with van der Waals surface area (Å²) in [5.41, 5.74) is 0.960. The molecule has 68 valence electrons. The Hall–Kier alpha value is -2.35. The van der Waals surface area contributed by atoms with E-state index < -0.39 is 5.97 Å². The van der Waals surface area contributed by atoms with Crippen molar-refractivity contribution in [1.29, 1.82) is 5.26 Å². The molecular weight excluding hydrogens is 182 g/mol. The van der Waals surface area contributed by atoms with Crippen molar-refractivity contribution in [3.63, 3.8) is 0 Å². The largest absolute Gasteiger partial charge is 0.477 e. The molecule has 2 aromatic rings. The van der Waals surface area contributed by atoms with Gasteiger partial charge in [-0.3, -0.25) is 0 Å². The van der Waals surface area contributed by atoms with E-state index in [2.05, 4.69) is 9.97 Å². The second-order valence-corrected chi connectivity index (χ2v) is 2.76. The summed E-state index contributed by atoms with van der Waals surface area (Å²) in [4.78, 5) is 17.1. The maximum atomic E-state index is 10.6. The van der Waals surface area contributed by atoms with Gasteiger partial charge in [-0.1, -0.05) is 0 Å². The fraction of sp³-hybridized carbons (Fsp3) is 0. The van der Waals surface area contributed by atoms with Gasteiger partial charge in [-0.2, -0.15) is 5.26 Å². The van der Waals surface area contributed by atoms with Gasteiger partial charge in [0.2, 0.25) is 0 Å². The van der Waals surface area contributed by atoms with E-state index in [-0.39, 0.29) is 11.4 Å². The Bertz CT molecular complexity index is 551. The van der Waals surface area contributed by atoms with Gasteiger partial charge in [0.05, 0.1) is 5.52 Å². The lowest BCUT2D eigenvalue weighted by molar-refractivity contribution is 0.0691. The molecule has 0 radical (unpaired) electrons. The van der Waals surface area contributed by atoms with E-state index in [9.17, 15) is 4.79 Å². The van der Waals surface area contributed by atoms with Gasteiger partial charge in [0.15, 0.2) is 0 Å². The van der Waals surface area contributed by atoms with Crippen LogP contribution in [0.15, 0.2) is 18.3 Å². The van der Waals surface area contributed by atoms with Crippen molar-refractivity contribution in [2.45, 2.75) is 0 Å². The maximum Gasteiger partial charge on any atom is 0.352 e. The van der Waals surface area contributed by atoms with Crippen LogP contribution in [0, 0.1) is 11.3 Å². The summed E-state index contributed by atoms with van der Waals surface area (Å²) >= 11 is 0. The Balaban J connectivity index is 2.67. The van der Waals surface area contributed by atoms with E-state index in [0.717, 1.165) is 0 Å². The molecule has 0 saturated heterocycles.